The molecule has 0 bridgehead atoms. The highest BCUT2D eigenvalue weighted by Crippen LogP contribution is 2.25. The quantitative estimate of drug-likeness (QED) is 0.840. The van der Waals surface area contributed by atoms with Crippen molar-refractivity contribution in [3.8, 4) is 0 Å². The van der Waals surface area contributed by atoms with Crippen LogP contribution in [0.15, 0.2) is 24.3 Å². The van der Waals surface area contributed by atoms with Crippen LogP contribution in [0.3, 0.4) is 0 Å². The summed E-state index contributed by atoms with van der Waals surface area (Å²) >= 11 is 0. The van der Waals surface area contributed by atoms with Crippen molar-refractivity contribution in [1.29, 1.82) is 0 Å². The van der Waals surface area contributed by atoms with Crippen LogP contribution in [-0.4, -0.2) is 30.6 Å². The summed E-state index contributed by atoms with van der Waals surface area (Å²) in [6, 6.07) is 9.36. The van der Waals surface area contributed by atoms with Crippen LogP contribution in [0, 0.1) is 0 Å². The molecule has 2 heterocycles. The standard InChI is InChI=1S/C15H22N2/c1-2-6-10-17(9-5-1)12-14-11-13-7-3-4-8-15(13)16-14/h3-4,7-8,14,16H,1-2,5-6,9-12H2. The van der Waals surface area contributed by atoms with E-state index in [0.29, 0.717) is 6.04 Å². The molecule has 1 saturated heterocycles. The fourth-order valence-electron chi connectivity index (χ4n) is 3.12. The van der Waals surface area contributed by atoms with Gasteiger partial charge in [-0.05, 0) is 44.0 Å². The molecule has 3 rings (SSSR count). The molecule has 0 aliphatic carbocycles. The van der Waals surface area contributed by atoms with Gasteiger partial charge in [0.2, 0.25) is 0 Å². The van der Waals surface area contributed by atoms with E-state index in [9.17, 15) is 0 Å². The molecule has 2 aliphatic heterocycles. The Morgan fingerprint density at radius 1 is 1.06 bits per heavy atom. The summed E-state index contributed by atoms with van der Waals surface area (Å²) in [5, 5.41) is 3.66. The second-order valence-electron chi connectivity index (χ2n) is 5.42. The van der Waals surface area contributed by atoms with Gasteiger partial charge in [0.15, 0.2) is 0 Å². The zero-order valence-electron chi connectivity index (χ0n) is 10.5. The Morgan fingerprint density at radius 3 is 2.59 bits per heavy atom. The van der Waals surface area contributed by atoms with Crippen molar-refractivity contribution in [2.45, 2.75) is 38.1 Å². The third-order valence-electron chi connectivity index (χ3n) is 4.02. The molecule has 1 atom stereocenters. The molecular weight excluding hydrogens is 208 g/mol. The van der Waals surface area contributed by atoms with Gasteiger partial charge in [-0.1, -0.05) is 31.0 Å². The molecular formula is C15H22N2. The molecule has 0 amide bonds. The minimum Gasteiger partial charge on any atom is -0.380 e. The van der Waals surface area contributed by atoms with Gasteiger partial charge in [-0.2, -0.15) is 0 Å². The zero-order valence-corrected chi connectivity index (χ0v) is 10.5. The maximum Gasteiger partial charge on any atom is 0.0429 e. The zero-order chi connectivity index (χ0) is 11.5. The van der Waals surface area contributed by atoms with Crippen LogP contribution in [0.4, 0.5) is 5.69 Å². The van der Waals surface area contributed by atoms with Gasteiger partial charge in [-0.15, -0.1) is 0 Å². The number of likely N-dealkylation sites (tertiary alicyclic amines) is 1. The predicted octanol–water partition coefficient (Wildman–Crippen LogP) is 2.90. The highest BCUT2D eigenvalue weighted by molar-refractivity contribution is 5.56. The number of benzene rings is 1. The lowest BCUT2D eigenvalue weighted by molar-refractivity contribution is 0.274. The first kappa shape index (κ1) is 11.1. The van der Waals surface area contributed by atoms with Crippen molar-refractivity contribution >= 4 is 5.69 Å². The first-order valence-electron chi connectivity index (χ1n) is 6.98. The van der Waals surface area contributed by atoms with Crippen molar-refractivity contribution in [1.82, 2.24) is 4.90 Å². The van der Waals surface area contributed by atoms with E-state index in [4.69, 9.17) is 0 Å². The van der Waals surface area contributed by atoms with Gasteiger partial charge in [0, 0.05) is 18.3 Å². The summed E-state index contributed by atoms with van der Waals surface area (Å²) in [4.78, 5) is 2.65. The summed E-state index contributed by atoms with van der Waals surface area (Å²) in [5.74, 6) is 0. The lowest BCUT2D eigenvalue weighted by atomic mass is 10.1. The highest BCUT2D eigenvalue weighted by atomic mass is 15.2. The molecule has 92 valence electrons. The van der Waals surface area contributed by atoms with Gasteiger partial charge in [0.05, 0.1) is 0 Å². The third-order valence-corrected chi connectivity index (χ3v) is 4.02. The molecule has 1 aromatic rings. The number of nitrogens with one attached hydrogen (secondary N) is 1. The molecule has 1 N–H and O–H groups in total. The second kappa shape index (κ2) is 5.09. The van der Waals surface area contributed by atoms with E-state index in [1.165, 1.54) is 63.0 Å². The van der Waals surface area contributed by atoms with Crippen molar-refractivity contribution in [2.75, 3.05) is 25.0 Å². The summed E-state index contributed by atoms with van der Waals surface area (Å²) < 4.78 is 0. The van der Waals surface area contributed by atoms with Gasteiger partial charge in [-0.3, -0.25) is 0 Å². The molecule has 2 heteroatoms. The van der Waals surface area contributed by atoms with Gasteiger partial charge >= 0.3 is 0 Å². The molecule has 0 saturated carbocycles. The van der Waals surface area contributed by atoms with Crippen LogP contribution in [-0.2, 0) is 6.42 Å². The highest BCUT2D eigenvalue weighted by Gasteiger charge is 2.22. The van der Waals surface area contributed by atoms with Crippen LogP contribution < -0.4 is 5.32 Å². The molecule has 0 radical (unpaired) electrons. The van der Waals surface area contributed by atoms with E-state index < -0.39 is 0 Å². The minimum absolute atomic E-state index is 0.630. The Kier molecular flexibility index (Phi) is 3.32. The topological polar surface area (TPSA) is 15.3 Å². The molecule has 1 unspecified atom stereocenters. The second-order valence-corrected chi connectivity index (χ2v) is 5.42. The molecule has 17 heavy (non-hydrogen) atoms. The summed E-state index contributed by atoms with van der Waals surface area (Å²) in [7, 11) is 0. The van der Waals surface area contributed by atoms with Crippen LogP contribution in [0.25, 0.3) is 0 Å². The molecule has 2 nitrogen and oxygen atoms in total. The fourth-order valence-corrected chi connectivity index (χ4v) is 3.12. The van der Waals surface area contributed by atoms with Crippen LogP contribution in [0.2, 0.25) is 0 Å². The largest absolute Gasteiger partial charge is 0.380 e. The maximum absolute atomic E-state index is 3.66. The Hall–Kier alpha value is -1.02. The minimum atomic E-state index is 0.630. The Labute approximate surface area is 104 Å². The molecule has 0 spiro atoms. The SMILES string of the molecule is c1ccc2c(c1)CC(CN1CCCCCC1)N2. The number of nitrogens with zero attached hydrogens (tertiary/aromatic N) is 1. The first-order valence-corrected chi connectivity index (χ1v) is 6.98. The third kappa shape index (κ3) is 2.63. The van der Waals surface area contributed by atoms with E-state index in [0.717, 1.165) is 0 Å². The number of fused-ring (bicyclic) bond motifs is 1. The maximum atomic E-state index is 3.66. The lowest BCUT2D eigenvalue weighted by Crippen LogP contribution is -2.36. The van der Waals surface area contributed by atoms with E-state index in [1.807, 2.05) is 0 Å². The van der Waals surface area contributed by atoms with Gasteiger partial charge in [-0.25, -0.2) is 0 Å². The summed E-state index contributed by atoms with van der Waals surface area (Å²) in [6.07, 6.45) is 6.83. The van der Waals surface area contributed by atoms with Crippen LogP contribution in [0.5, 0.6) is 0 Å². The molecule has 0 aromatic heterocycles. The Morgan fingerprint density at radius 2 is 1.82 bits per heavy atom. The van der Waals surface area contributed by atoms with Crippen molar-refractivity contribution in [3.63, 3.8) is 0 Å². The van der Waals surface area contributed by atoms with Crippen LogP contribution >= 0.6 is 0 Å². The lowest BCUT2D eigenvalue weighted by Gasteiger charge is -2.23. The summed E-state index contributed by atoms with van der Waals surface area (Å²) in [6.45, 7) is 3.82. The van der Waals surface area contributed by atoms with Gasteiger partial charge < -0.3 is 10.2 Å². The monoisotopic (exact) mass is 230 g/mol. The smallest absolute Gasteiger partial charge is 0.0429 e. The van der Waals surface area contributed by atoms with Gasteiger partial charge in [0.1, 0.15) is 0 Å². The van der Waals surface area contributed by atoms with E-state index in [1.54, 1.807) is 0 Å². The van der Waals surface area contributed by atoms with E-state index in [2.05, 4.69) is 34.5 Å². The number of anilines is 1. The van der Waals surface area contributed by atoms with Gasteiger partial charge in [0.25, 0.3) is 0 Å². The Bertz CT molecular complexity index is 342. The molecule has 1 fully saturated rings. The average molecular weight is 230 g/mol. The number of hydrogen-bond donors (Lipinski definition) is 1. The van der Waals surface area contributed by atoms with Crippen LogP contribution in [0.1, 0.15) is 31.2 Å². The predicted molar refractivity (Wildman–Crippen MR) is 72.5 cm³/mol. The summed E-state index contributed by atoms with van der Waals surface area (Å²) in [5.41, 5.74) is 2.85. The normalized spacial score (nSPS) is 25.1. The average Bonchev–Trinajstić information content (AvgIpc) is 2.57. The number of rotatable bonds is 2. The molecule has 2 aliphatic rings. The molecule has 1 aromatic carbocycles. The van der Waals surface area contributed by atoms with Crippen molar-refractivity contribution in [3.05, 3.63) is 29.8 Å². The fraction of sp³-hybridized carbons (Fsp3) is 0.600. The number of hydrogen-bond acceptors (Lipinski definition) is 2. The first-order chi connectivity index (χ1) is 8.42. The van der Waals surface area contributed by atoms with Crippen molar-refractivity contribution in [2.24, 2.45) is 0 Å². The van der Waals surface area contributed by atoms with E-state index >= 15 is 0 Å². The number of para-hydroxylation sites is 1. The van der Waals surface area contributed by atoms with E-state index in [-0.39, 0.29) is 0 Å². The Balaban J connectivity index is 1.57. The van der Waals surface area contributed by atoms with Crippen molar-refractivity contribution < 1.29 is 0 Å².